The number of carbonyl (C=O) groups excluding carboxylic acids is 2. The molecule has 0 spiro atoms. The van der Waals surface area contributed by atoms with Crippen LogP contribution in [0.1, 0.15) is 26.4 Å². The van der Waals surface area contributed by atoms with Gasteiger partial charge in [-0.1, -0.05) is 11.6 Å². The van der Waals surface area contributed by atoms with Gasteiger partial charge in [0.25, 0.3) is 0 Å². The molecule has 0 aliphatic carbocycles. The van der Waals surface area contributed by atoms with Gasteiger partial charge in [-0.15, -0.1) is 0 Å². The molecule has 0 unspecified atom stereocenters. The highest BCUT2D eigenvalue weighted by Gasteiger charge is 2.17. The number of aryl methyl sites for hydroxylation is 1. The number of nitrogens with zero attached hydrogens (tertiary/aromatic N) is 2. The van der Waals surface area contributed by atoms with Crippen molar-refractivity contribution in [2.24, 2.45) is 7.05 Å². The molecule has 2 aromatic rings. The van der Waals surface area contributed by atoms with E-state index in [4.69, 9.17) is 21.1 Å². The monoisotopic (exact) mass is 322 g/mol. The number of hydrogen-bond donors (Lipinski definition) is 0. The van der Waals surface area contributed by atoms with E-state index in [-0.39, 0.29) is 12.4 Å². The van der Waals surface area contributed by atoms with E-state index < -0.39 is 5.97 Å². The number of benzene rings is 1. The van der Waals surface area contributed by atoms with E-state index in [0.717, 1.165) is 0 Å². The van der Waals surface area contributed by atoms with Crippen LogP contribution in [0.4, 0.5) is 0 Å². The van der Waals surface area contributed by atoms with Crippen molar-refractivity contribution in [2.45, 2.75) is 6.92 Å². The second-order valence-corrected chi connectivity index (χ2v) is 5.02. The molecule has 1 aromatic heterocycles. The van der Waals surface area contributed by atoms with E-state index in [1.165, 1.54) is 19.4 Å². The third-order valence-electron chi connectivity index (χ3n) is 3.26. The molecule has 0 aliphatic heterocycles. The Kier molecular flexibility index (Phi) is 4.82. The zero-order valence-electron chi connectivity index (χ0n) is 12.4. The van der Waals surface area contributed by atoms with Gasteiger partial charge in [0.2, 0.25) is 0 Å². The van der Waals surface area contributed by atoms with Crippen molar-refractivity contribution in [1.29, 1.82) is 0 Å². The summed E-state index contributed by atoms with van der Waals surface area (Å²) < 4.78 is 11.6. The summed E-state index contributed by atoms with van der Waals surface area (Å²) in [6.45, 7) is 1.38. The molecule has 0 bridgehead atoms. The van der Waals surface area contributed by atoms with E-state index in [0.29, 0.717) is 27.6 Å². The number of carbonyl (C=O) groups is 2. The zero-order chi connectivity index (χ0) is 16.3. The van der Waals surface area contributed by atoms with E-state index in [9.17, 15) is 9.59 Å². The van der Waals surface area contributed by atoms with Crippen molar-refractivity contribution >= 4 is 23.4 Å². The fraction of sp³-hybridized carbons (Fsp3) is 0.267. The van der Waals surface area contributed by atoms with Gasteiger partial charge in [0.1, 0.15) is 11.3 Å². The maximum absolute atomic E-state index is 12.0. The van der Waals surface area contributed by atoms with Crippen LogP contribution in [0.3, 0.4) is 0 Å². The molecule has 0 saturated heterocycles. The molecule has 7 heteroatoms. The standard InChI is InChI=1S/C15H15ClN2O4/c1-9-11(7-17-18(9)2)15(20)22-8-13(19)10-4-5-14(21-3)12(16)6-10/h4-7H,8H2,1-3H3. The maximum atomic E-state index is 12.0. The van der Waals surface area contributed by atoms with Crippen LogP contribution in [0.5, 0.6) is 5.75 Å². The lowest BCUT2D eigenvalue weighted by molar-refractivity contribution is 0.0474. The molecule has 0 fully saturated rings. The van der Waals surface area contributed by atoms with Gasteiger partial charge in [-0.25, -0.2) is 4.79 Å². The fourth-order valence-electron chi connectivity index (χ4n) is 1.83. The van der Waals surface area contributed by atoms with Crippen molar-refractivity contribution in [3.63, 3.8) is 0 Å². The van der Waals surface area contributed by atoms with E-state index >= 15 is 0 Å². The lowest BCUT2D eigenvalue weighted by Crippen LogP contribution is -2.15. The molecule has 0 atom stereocenters. The number of hydrogen-bond acceptors (Lipinski definition) is 5. The lowest BCUT2D eigenvalue weighted by Gasteiger charge is -2.06. The summed E-state index contributed by atoms with van der Waals surface area (Å²) in [5.74, 6) is -0.459. The Hall–Kier alpha value is -2.34. The molecule has 22 heavy (non-hydrogen) atoms. The van der Waals surface area contributed by atoms with Crippen LogP contribution in [0, 0.1) is 6.92 Å². The second kappa shape index (κ2) is 6.62. The quantitative estimate of drug-likeness (QED) is 0.624. The van der Waals surface area contributed by atoms with Gasteiger partial charge in [-0.2, -0.15) is 5.10 Å². The average molecular weight is 323 g/mol. The minimum Gasteiger partial charge on any atom is -0.495 e. The Labute approximate surface area is 132 Å². The minimum atomic E-state index is -0.585. The van der Waals surface area contributed by atoms with Crippen LogP contribution in [-0.4, -0.2) is 35.2 Å². The van der Waals surface area contributed by atoms with Gasteiger partial charge in [0.15, 0.2) is 12.4 Å². The molecule has 0 radical (unpaired) electrons. The molecule has 116 valence electrons. The summed E-state index contributed by atoms with van der Waals surface area (Å²) in [6, 6.07) is 4.63. The first-order valence-corrected chi connectivity index (χ1v) is 6.84. The number of rotatable bonds is 5. The Morgan fingerprint density at radius 2 is 2.09 bits per heavy atom. The number of Topliss-reactive ketones (excluding diaryl/α,β-unsaturated/α-hetero) is 1. The fourth-order valence-corrected chi connectivity index (χ4v) is 2.09. The summed E-state index contributed by atoms with van der Waals surface area (Å²) >= 11 is 5.96. The average Bonchev–Trinajstić information content (AvgIpc) is 2.84. The highest BCUT2D eigenvalue weighted by molar-refractivity contribution is 6.32. The Morgan fingerprint density at radius 3 is 2.64 bits per heavy atom. The predicted octanol–water partition coefficient (Wildman–Crippen LogP) is 2.43. The normalized spacial score (nSPS) is 10.4. The predicted molar refractivity (Wildman–Crippen MR) is 80.6 cm³/mol. The number of ether oxygens (including phenoxy) is 2. The summed E-state index contributed by atoms with van der Waals surface area (Å²) in [5.41, 5.74) is 1.36. The molecular weight excluding hydrogens is 308 g/mol. The largest absolute Gasteiger partial charge is 0.495 e. The Bertz CT molecular complexity index is 724. The lowest BCUT2D eigenvalue weighted by atomic mass is 10.1. The van der Waals surface area contributed by atoms with Gasteiger partial charge in [0.05, 0.1) is 18.3 Å². The van der Waals surface area contributed by atoms with Gasteiger partial charge >= 0.3 is 5.97 Å². The van der Waals surface area contributed by atoms with Gasteiger partial charge in [-0.05, 0) is 25.1 Å². The van der Waals surface area contributed by atoms with Crippen LogP contribution in [0.15, 0.2) is 24.4 Å². The molecule has 0 aliphatic rings. The third-order valence-corrected chi connectivity index (χ3v) is 3.56. The molecule has 1 heterocycles. The number of ketones is 1. The van der Waals surface area contributed by atoms with Crippen LogP contribution in [-0.2, 0) is 11.8 Å². The SMILES string of the molecule is COc1ccc(C(=O)COC(=O)c2cnn(C)c2C)cc1Cl. The highest BCUT2D eigenvalue weighted by atomic mass is 35.5. The number of halogens is 1. The maximum Gasteiger partial charge on any atom is 0.342 e. The highest BCUT2D eigenvalue weighted by Crippen LogP contribution is 2.25. The number of methoxy groups -OCH3 is 1. The van der Waals surface area contributed by atoms with Gasteiger partial charge in [0, 0.05) is 18.3 Å². The number of esters is 1. The molecule has 2 rings (SSSR count). The minimum absolute atomic E-state index is 0.322. The van der Waals surface area contributed by atoms with Crippen molar-refractivity contribution < 1.29 is 19.1 Å². The van der Waals surface area contributed by atoms with Crippen LogP contribution < -0.4 is 4.74 Å². The summed E-state index contributed by atoms with van der Waals surface area (Å²) in [6.07, 6.45) is 1.41. The zero-order valence-corrected chi connectivity index (χ0v) is 13.2. The molecule has 6 nitrogen and oxygen atoms in total. The van der Waals surface area contributed by atoms with E-state index in [1.807, 2.05) is 0 Å². The number of aromatic nitrogens is 2. The molecule has 0 saturated carbocycles. The second-order valence-electron chi connectivity index (χ2n) is 4.62. The molecule has 0 N–H and O–H groups in total. The van der Waals surface area contributed by atoms with Crippen LogP contribution in [0.2, 0.25) is 5.02 Å². The first-order valence-electron chi connectivity index (χ1n) is 6.46. The van der Waals surface area contributed by atoms with Crippen molar-refractivity contribution in [3.05, 3.63) is 46.2 Å². The summed E-state index contributed by atoms with van der Waals surface area (Å²) in [7, 11) is 3.21. The third kappa shape index (κ3) is 3.28. The van der Waals surface area contributed by atoms with Crippen LogP contribution in [0.25, 0.3) is 0 Å². The Balaban J connectivity index is 2.02. The van der Waals surface area contributed by atoms with Crippen molar-refractivity contribution in [2.75, 3.05) is 13.7 Å². The van der Waals surface area contributed by atoms with E-state index in [2.05, 4.69) is 5.10 Å². The van der Waals surface area contributed by atoms with E-state index in [1.54, 1.807) is 30.8 Å². The van der Waals surface area contributed by atoms with Crippen molar-refractivity contribution in [1.82, 2.24) is 9.78 Å². The summed E-state index contributed by atoms with van der Waals surface area (Å²) in [5, 5.41) is 4.27. The topological polar surface area (TPSA) is 70.4 Å². The Morgan fingerprint density at radius 1 is 1.36 bits per heavy atom. The molecule has 1 aromatic carbocycles. The van der Waals surface area contributed by atoms with Gasteiger partial charge < -0.3 is 9.47 Å². The van der Waals surface area contributed by atoms with Crippen LogP contribution >= 0.6 is 11.6 Å². The van der Waals surface area contributed by atoms with Gasteiger partial charge in [-0.3, -0.25) is 9.48 Å². The molecule has 0 amide bonds. The first kappa shape index (κ1) is 16.0. The summed E-state index contributed by atoms with van der Waals surface area (Å²) in [4.78, 5) is 23.9. The first-order chi connectivity index (χ1) is 10.4. The smallest absolute Gasteiger partial charge is 0.342 e. The van der Waals surface area contributed by atoms with Crippen molar-refractivity contribution in [3.8, 4) is 5.75 Å². The molecular formula is C15H15ClN2O4.